The molecule has 0 aromatic heterocycles. The third kappa shape index (κ3) is 1.20. The van der Waals surface area contributed by atoms with E-state index in [2.05, 4.69) is 0 Å². The molecule has 0 aromatic carbocycles. The Hall–Kier alpha value is -0.0400. The second kappa shape index (κ2) is 2.54. The molecule has 0 radical (unpaired) electrons. The molecule has 58 valence electrons. The largest absolute Gasteiger partial charge is 0.328 e. The maximum Gasteiger partial charge on any atom is 0.00441 e. The lowest BCUT2D eigenvalue weighted by Crippen LogP contribution is -2.35. The zero-order valence-electron chi connectivity index (χ0n) is 6.55. The standard InChI is InChI=1S/C9H17N/c10-9-5-7-2-1-3-8(4-7)6-9/h7-9H,1-6,10H2/t7-,8+,9-. The normalized spacial score (nSPS) is 47.1. The predicted molar refractivity (Wildman–Crippen MR) is 42.7 cm³/mol. The van der Waals surface area contributed by atoms with E-state index in [0.29, 0.717) is 6.04 Å². The average molecular weight is 139 g/mol. The number of nitrogens with two attached hydrogens (primary N) is 1. The predicted octanol–water partition coefficient (Wildman–Crippen LogP) is 1.91. The van der Waals surface area contributed by atoms with Crippen molar-refractivity contribution in [1.82, 2.24) is 0 Å². The molecule has 0 unspecified atom stereocenters. The van der Waals surface area contributed by atoms with E-state index in [1.165, 1.54) is 38.5 Å². The SMILES string of the molecule is N[C@H]1C[C@H]2CCC[C@@H](C1)C2. The zero-order valence-corrected chi connectivity index (χ0v) is 6.55. The second-order valence-electron chi connectivity index (χ2n) is 4.13. The fourth-order valence-electron chi connectivity index (χ4n) is 2.78. The number of fused-ring (bicyclic) bond motifs is 2. The molecule has 1 heteroatoms. The fraction of sp³-hybridized carbons (Fsp3) is 1.00. The Balaban J connectivity index is 1.98. The van der Waals surface area contributed by atoms with Crippen molar-refractivity contribution in [1.29, 1.82) is 0 Å². The molecule has 2 fully saturated rings. The average Bonchev–Trinajstić information content (AvgIpc) is 1.85. The third-order valence-corrected chi connectivity index (χ3v) is 3.16. The summed E-state index contributed by atoms with van der Waals surface area (Å²) in [4.78, 5) is 0. The van der Waals surface area contributed by atoms with Gasteiger partial charge in [0, 0.05) is 6.04 Å². The van der Waals surface area contributed by atoms with Crippen LogP contribution in [0.15, 0.2) is 0 Å². The van der Waals surface area contributed by atoms with Gasteiger partial charge in [-0.15, -0.1) is 0 Å². The van der Waals surface area contributed by atoms with Gasteiger partial charge >= 0.3 is 0 Å². The van der Waals surface area contributed by atoms with Crippen LogP contribution in [0.5, 0.6) is 0 Å². The minimum absolute atomic E-state index is 0.545. The highest BCUT2D eigenvalue weighted by atomic mass is 14.6. The molecule has 2 N–H and O–H groups in total. The Labute approximate surface area is 63.0 Å². The van der Waals surface area contributed by atoms with Crippen molar-refractivity contribution in [2.45, 2.75) is 44.6 Å². The summed E-state index contributed by atoms with van der Waals surface area (Å²) >= 11 is 0. The number of hydrogen-bond acceptors (Lipinski definition) is 1. The van der Waals surface area contributed by atoms with E-state index in [9.17, 15) is 0 Å². The van der Waals surface area contributed by atoms with Gasteiger partial charge in [0.1, 0.15) is 0 Å². The summed E-state index contributed by atoms with van der Waals surface area (Å²) in [5, 5.41) is 0. The summed E-state index contributed by atoms with van der Waals surface area (Å²) in [5.41, 5.74) is 5.93. The molecule has 2 aliphatic carbocycles. The van der Waals surface area contributed by atoms with Crippen molar-refractivity contribution >= 4 is 0 Å². The Morgan fingerprint density at radius 1 is 0.900 bits per heavy atom. The number of hydrogen-bond donors (Lipinski definition) is 1. The van der Waals surface area contributed by atoms with Gasteiger partial charge in [-0.05, 0) is 31.1 Å². The minimum Gasteiger partial charge on any atom is -0.328 e. The summed E-state index contributed by atoms with van der Waals surface area (Å²) in [6, 6.07) is 0.545. The highest BCUT2D eigenvalue weighted by Crippen LogP contribution is 2.38. The monoisotopic (exact) mass is 139 g/mol. The van der Waals surface area contributed by atoms with Crippen LogP contribution in [0.2, 0.25) is 0 Å². The second-order valence-corrected chi connectivity index (χ2v) is 4.13. The topological polar surface area (TPSA) is 26.0 Å². The molecule has 0 saturated heterocycles. The smallest absolute Gasteiger partial charge is 0.00441 e. The molecule has 1 nitrogen and oxygen atoms in total. The van der Waals surface area contributed by atoms with Gasteiger partial charge in [0.2, 0.25) is 0 Å². The molecule has 10 heavy (non-hydrogen) atoms. The van der Waals surface area contributed by atoms with Gasteiger partial charge in [-0.25, -0.2) is 0 Å². The van der Waals surface area contributed by atoms with Crippen LogP contribution in [0.3, 0.4) is 0 Å². The van der Waals surface area contributed by atoms with E-state index < -0.39 is 0 Å². The maximum atomic E-state index is 5.93. The van der Waals surface area contributed by atoms with Crippen LogP contribution in [0.1, 0.15) is 38.5 Å². The lowest BCUT2D eigenvalue weighted by Gasteiger charge is -2.37. The van der Waals surface area contributed by atoms with Crippen molar-refractivity contribution < 1.29 is 0 Å². The van der Waals surface area contributed by atoms with Crippen LogP contribution < -0.4 is 5.73 Å². The van der Waals surface area contributed by atoms with Crippen molar-refractivity contribution in [2.75, 3.05) is 0 Å². The van der Waals surface area contributed by atoms with Crippen LogP contribution >= 0.6 is 0 Å². The minimum atomic E-state index is 0.545. The van der Waals surface area contributed by atoms with Crippen LogP contribution in [-0.4, -0.2) is 6.04 Å². The molecule has 2 aliphatic rings. The first-order chi connectivity index (χ1) is 4.84. The molecule has 0 spiro atoms. The van der Waals surface area contributed by atoms with E-state index >= 15 is 0 Å². The Kier molecular flexibility index (Phi) is 1.69. The van der Waals surface area contributed by atoms with Crippen molar-refractivity contribution in [3.63, 3.8) is 0 Å². The molecule has 0 aromatic rings. The van der Waals surface area contributed by atoms with Crippen molar-refractivity contribution in [2.24, 2.45) is 17.6 Å². The first-order valence-electron chi connectivity index (χ1n) is 4.60. The zero-order chi connectivity index (χ0) is 6.97. The summed E-state index contributed by atoms with van der Waals surface area (Å²) in [6.45, 7) is 0. The molecule has 2 saturated carbocycles. The van der Waals surface area contributed by atoms with Crippen molar-refractivity contribution in [3.8, 4) is 0 Å². The van der Waals surface area contributed by atoms with Crippen LogP contribution in [0.25, 0.3) is 0 Å². The molecule has 0 heterocycles. The molecular weight excluding hydrogens is 122 g/mol. The first kappa shape index (κ1) is 6.66. The van der Waals surface area contributed by atoms with Gasteiger partial charge < -0.3 is 5.73 Å². The van der Waals surface area contributed by atoms with Gasteiger partial charge in [-0.2, -0.15) is 0 Å². The van der Waals surface area contributed by atoms with Gasteiger partial charge in [0.05, 0.1) is 0 Å². The quantitative estimate of drug-likeness (QED) is 0.545. The summed E-state index contributed by atoms with van der Waals surface area (Å²) in [5.74, 6) is 2.00. The van der Waals surface area contributed by atoms with Gasteiger partial charge in [0.15, 0.2) is 0 Å². The molecule has 0 amide bonds. The Morgan fingerprint density at radius 3 is 2.10 bits per heavy atom. The van der Waals surface area contributed by atoms with Gasteiger partial charge in [-0.1, -0.05) is 19.3 Å². The molecule has 2 bridgehead atoms. The lowest BCUT2D eigenvalue weighted by molar-refractivity contribution is 0.171. The van der Waals surface area contributed by atoms with E-state index in [4.69, 9.17) is 5.73 Å². The van der Waals surface area contributed by atoms with E-state index in [1.54, 1.807) is 0 Å². The highest BCUT2D eigenvalue weighted by Gasteiger charge is 2.29. The Bertz CT molecular complexity index is 106. The van der Waals surface area contributed by atoms with Crippen LogP contribution in [0.4, 0.5) is 0 Å². The highest BCUT2D eigenvalue weighted by molar-refractivity contribution is 4.84. The summed E-state index contributed by atoms with van der Waals surface area (Å²) < 4.78 is 0. The van der Waals surface area contributed by atoms with Gasteiger partial charge in [0.25, 0.3) is 0 Å². The van der Waals surface area contributed by atoms with Gasteiger partial charge in [-0.3, -0.25) is 0 Å². The molecule has 0 aliphatic heterocycles. The summed E-state index contributed by atoms with van der Waals surface area (Å²) in [6.07, 6.45) is 8.52. The van der Waals surface area contributed by atoms with E-state index in [0.717, 1.165) is 11.8 Å². The number of rotatable bonds is 0. The van der Waals surface area contributed by atoms with E-state index in [-0.39, 0.29) is 0 Å². The molecular formula is C9H17N. The lowest BCUT2D eigenvalue weighted by atomic mass is 9.71. The fourth-order valence-corrected chi connectivity index (χ4v) is 2.78. The van der Waals surface area contributed by atoms with Crippen LogP contribution in [-0.2, 0) is 0 Å². The molecule has 3 atom stereocenters. The van der Waals surface area contributed by atoms with Crippen LogP contribution in [0, 0.1) is 11.8 Å². The van der Waals surface area contributed by atoms with Crippen molar-refractivity contribution in [3.05, 3.63) is 0 Å². The van der Waals surface area contributed by atoms with E-state index in [1.807, 2.05) is 0 Å². The Morgan fingerprint density at radius 2 is 1.50 bits per heavy atom. The summed E-state index contributed by atoms with van der Waals surface area (Å²) in [7, 11) is 0. The maximum absolute atomic E-state index is 5.93. The first-order valence-corrected chi connectivity index (χ1v) is 4.60. The molecule has 2 rings (SSSR count). The third-order valence-electron chi connectivity index (χ3n) is 3.16.